The Balaban J connectivity index is 2.27. The summed E-state index contributed by atoms with van der Waals surface area (Å²) >= 11 is 0.886. The van der Waals surface area contributed by atoms with Crippen molar-refractivity contribution in [1.29, 1.82) is 0 Å². The van der Waals surface area contributed by atoms with Gasteiger partial charge in [-0.15, -0.1) is 0 Å². The van der Waals surface area contributed by atoms with Gasteiger partial charge in [-0.05, 0) is 24.5 Å². The minimum atomic E-state index is -1.16. The minimum Gasteiger partial charge on any atom is -0.506 e. The van der Waals surface area contributed by atoms with Crippen molar-refractivity contribution >= 4 is 28.4 Å². The lowest BCUT2D eigenvalue weighted by atomic mass is 10.2. The molecule has 1 amide bonds. The van der Waals surface area contributed by atoms with E-state index in [-0.39, 0.29) is 21.9 Å². The van der Waals surface area contributed by atoms with Crippen molar-refractivity contribution in [2.45, 2.75) is 6.92 Å². The first-order valence-electron chi connectivity index (χ1n) is 5.14. The van der Waals surface area contributed by atoms with E-state index < -0.39 is 11.9 Å². The smallest absolute Gasteiger partial charge is 0.340 e. The number of aromatic hydroxyl groups is 1. The Labute approximate surface area is 111 Å². The highest BCUT2D eigenvalue weighted by Gasteiger charge is 2.19. The Morgan fingerprint density at radius 3 is 2.74 bits per heavy atom. The molecule has 0 saturated heterocycles. The van der Waals surface area contributed by atoms with Crippen LogP contribution in [0.25, 0.3) is 0 Å². The first-order valence-corrected chi connectivity index (χ1v) is 5.91. The number of carboxylic acids is 1. The predicted molar refractivity (Wildman–Crippen MR) is 67.7 cm³/mol. The number of anilines is 1. The topological polar surface area (TPSA) is 112 Å². The second kappa shape index (κ2) is 5.02. The normalized spacial score (nSPS) is 10.2. The molecule has 2 rings (SSSR count). The summed E-state index contributed by atoms with van der Waals surface area (Å²) in [5.74, 6) is -1.86. The van der Waals surface area contributed by atoms with Crippen molar-refractivity contribution in [2.24, 2.45) is 0 Å². The van der Waals surface area contributed by atoms with Crippen molar-refractivity contribution in [3.8, 4) is 5.75 Å². The number of carbonyl (C=O) groups excluding carboxylic acids is 1. The molecule has 0 aliphatic carbocycles. The van der Waals surface area contributed by atoms with E-state index >= 15 is 0 Å². The first-order chi connectivity index (χ1) is 8.99. The van der Waals surface area contributed by atoms with Crippen LogP contribution in [-0.2, 0) is 0 Å². The average Bonchev–Trinajstić information content (AvgIpc) is 2.70. The number of carbonyl (C=O) groups is 2. The van der Waals surface area contributed by atoms with E-state index in [1.807, 2.05) is 0 Å². The second-order valence-corrected chi connectivity index (χ2v) is 4.44. The van der Waals surface area contributed by atoms with Crippen molar-refractivity contribution in [2.75, 3.05) is 5.32 Å². The van der Waals surface area contributed by atoms with Crippen LogP contribution >= 0.6 is 11.5 Å². The van der Waals surface area contributed by atoms with Crippen LogP contribution < -0.4 is 5.32 Å². The number of rotatable bonds is 3. The van der Waals surface area contributed by atoms with Crippen LogP contribution in [0.1, 0.15) is 26.4 Å². The third-order valence-electron chi connectivity index (χ3n) is 2.29. The molecule has 0 aliphatic heterocycles. The number of aryl methyl sites for hydroxylation is 1. The first kappa shape index (κ1) is 13.0. The number of nitrogens with zero attached hydrogens (tertiary/aromatic N) is 2. The van der Waals surface area contributed by atoms with Crippen LogP contribution in [0.2, 0.25) is 0 Å². The van der Waals surface area contributed by atoms with Gasteiger partial charge < -0.3 is 15.5 Å². The van der Waals surface area contributed by atoms with Gasteiger partial charge in [0, 0.05) is 6.20 Å². The molecule has 0 unspecified atom stereocenters. The Bertz CT molecular complexity index is 653. The molecule has 8 heteroatoms. The van der Waals surface area contributed by atoms with Crippen LogP contribution in [0.15, 0.2) is 18.5 Å². The molecule has 0 saturated carbocycles. The molecule has 98 valence electrons. The Kier molecular flexibility index (Phi) is 3.43. The van der Waals surface area contributed by atoms with Crippen molar-refractivity contribution < 1.29 is 19.8 Å². The van der Waals surface area contributed by atoms with E-state index in [0.717, 1.165) is 11.5 Å². The Hall–Kier alpha value is -2.48. The Morgan fingerprint density at radius 1 is 1.37 bits per heavy atom. The van der Waals surface area contributed by atoms with Crippen molar-refractivity contribution in [1.82, 2.24) is 9.36 Å². The zero-order valence-corrected chi connectivity index (χ0v) is 10.6. The SMILES string of the molecule is Cc1nsc(NC(=O)c2cncc(O)c2)c1C(=O)O. The third-order valence-corrected chi connectivity index (χ3v) is 3.14. The monoisotopic (exact) mass is 279 g/mol. The molecule has 0 fully saturated rings. The van der Waals surface area contributed by atoms with Gasteiger partial charge in [0.2, 0.25) is 0 Å². The molecule has 2 aromatic rings. The van der Waals surface area contributed by atoms with Gasteiger partial charge in [0.15, 0.2) is 0 Å². The number of hydrogen-bond donors (Lipinski definition) is 3. The fourth-order valence-electron chi connectivity index (χ4n) is 1.43. The van der Waals surface area contributed by atoms with Gasteiger partial charge in [0.05, 0.1) is 17.5 Å². The molecule has 0 aliphatic rings. The second-order valence-electron chi connectivity index (χ2n) is 3.66. The zero-order chi connectivity index (χ0) is 14.0. The van der Waals surface area contributed by atoms with Gasteiger partial charge in [0.25, 0.3) is 5.91 Å². The predicted octanol–water partition coefficient (Wildman–Crippen LogP) is 1.50. The fourth-order valence-corrected chi connectivity index (χ4v) is 2.22. The summed E-state index contributed by atoms with van der Waals surface area (Å²) < 4.78 is 3.88. The number of aromatic nitrogens is 2. The van der Waals surface area contributed by atoms with E-state index in [9.17, 15) is 14.7 Å². The maximum Gasteiger partial charge on any atom is 0.340 e. The molecule has 0 bridgehead atoms. The third kappa shape index (κ3) is 2.68. The standard InChI is InChI=1S/C11H9N3O4S/c1-5-8(11(17)18)10(19-14-5)13-9(16)6-2-7(15)4-12-3-6/h2-4,15H,1H3,(H,13,16)(H,17,18). The van der Waals surface area contributed by atoms with Crippen LogP contribution in [0.3, 0.4) is 0 Å². The minimum absolute atomic E-state index is 0.0357. The summed E-state index contributed by atoms with van der Waals surface area (Å²) in [7, 11) is 0. The van der Waals surface area contributed by atoms with E-state index in [4.69, 9.17) is 5.11 Å². The molecule has 0 spiro atoms. The van der Waals surface area contributed by atoms with Gasteiger partial charge in [-0.3, -0.25) is 9.78 Å². The molecule has 0 radical (unpaired) electrons. The molecule has 0 aromatic carbocycles. The molecular weight excluding hydrogens is 270 g/mol. The lowest BCUT2D eigenvalue weighted by molar-refractivity contribution is 0.0697. The summed E-state index contributed by atoms with van der Waals surface area (Å²) in [5.41, 5.74) is 0.427. The molecular formula is C11H9N3O4S. The molecule has 2 aromatic heterocycles. The lowest BCUT2D eigenvalue weighted by Crippen LogP contribution is -2.13. The summed E-state index contributed by atoms with van der Waals surface area (Å²) in [5, 5.41) is 20.8. The number of nitrogens with one attached hydrogen (secondary N) is 1. The van der Waals surface area contributed by atoms with E-state index in [2.05, 4.69) is 14.7 Å². The zero-order valence-electron chi connectivity index (χ0n) is 9.75. The highest BCUT2D eigenvalue weighted by molar-refractivity contribution is 7.11. The van der Waals surface area contributed by atoms with Crippen molar-refractivity contribution in [3.63, 3.8) is 0 Å². The van der Waals surface area contributed by atoms with E-state index in [0.29, 0.717) is 5.69 Å². The molecule has 3 N–H and O–H groups in total. The van der Waals surface area contributed by atoms with Crippen LogP contribution in [0.4, 0.5) is 5.00 Å². The number of amides is 1. The fraction of sp³-hybridized carbons (Fsp3) is 0.0909. The van der Waals surface area contributed by atoms with Gasteiger partial charge in [-0.1, -0.05) is 0 Å². The molecule has 19 heavy (non-hydrogen) atoms. The quantitative estimate of drug-likeness (QED) is 0.784. The summed E-state index contributed by atoms with van der Waals surface area (Å²) in [6.07, 6.45) is 2.46. The van der Waals surface area contributed by atoms with Gasteiger partial charge >= 0.3 is 5.97 Å². The summed E-state index contributed by atoms with van der Waals surface area (Å²) in [6.45, 7) is 1.55. The van der Waals surface area contributed by atoms with Crippen molar-refractivity contribution in [3.05, 3.63) is 35.3 Å². The lowest BCUT2D eigenvalue weighted by Gasteiger charge is -2.03. The average molecular weight is 279 g/mol. The van der Waals surface area contributed by atoms with Gasteiger partial charge in [-0.25, -0.2) is 4.79 Å². The highest BCUT2D eigenvalue weighted by Crippen LogP contribution is 2.25. The Morgan fingerprint density at radius 2 is 2.11 bits per heavy atom. The number of aromatic carboxylic acids is 1. The highest BCUT2D eigenvalue weighted by atomic mass is 32.1. The number of carboxylic acid groups (broad SMARTS) is 1. The maximum absolute atomic E-state index is 11.9. The van der Waals surface area contributed by atoms with E-state index in [1.165, 1.54) is 18.5 Å². The number of hydrogen-bond acceptors (Lipinski definition) is 6. The molecule has 7 nitrogen and oxygen atoms in total. The van der Waals surface area contributed by atoms with Crippen LogP contribution in [-0.4, -0.2) is 31.4 Å². The summed E-state index contributed by atoms with van der Waals surface area (Å²) in [6, 6.07) is 1.23. The maximum atomic E-state index is 11.9. The molecule has 0 atom stereocenters. The van der Waals surface area contributed by atoms with Crippen LogP contribution in [0.5, 0.6) is 5.75 Å². The molecule has 2 heterocycles. The van der Waals surface area contributed by atoms with Gasteiger partial charge in [0.1, 0.15) is 16.3 Å². The summed E-state index contributed by atoms with van der Waals surface area (Å²) in [4.78, 5) is 26.6. The number of pyridine rings is 1. The van der Waals surface area contributed by atoms with Gasteiger partial charge in [-0.2, -0.15) is 4.37 Å². The van der Waals surface area contributed by atoms with E-state index in [1.54, 1.807) is 6.92 Å². The van der Waals surface area contributed by atoms with Crippen LogP contribution in [0, 0.1) is 6.92 Å². The largest absolute Gasteiger partial charge is 0.506 e.